The molecule has 0 unspecified atom stereocenters. The number of hydrogen-bond donors (Lipinski definition) is 1. The van der Waals surface area contributed by atoms with Gasteiger partial charge in [0.25, 0.3) is 0 Å². The zero-order valence-corrected chi connectivity index (χ0v) is 14.1. The van der Waals surface area contributed by atoms with E-state index < -0.39 is 5.97 Å². The molecule has 1 N–H and O–H groups in total. The first-order valence-electron chi connectivity index (χ1n) is 6.99. The summed E-state index contributed by atoms with van der Waals surface area (Å²) in [5, 5.41) is 1.87. The monoisotopic (exact) mass is 348 g/mol. The fourth-order valence-corrected chi connectivity index (χ4v) is 3.11. The Morgan fingerprint density at radius 2 is 2.09 bits per heavy atom. The van der Waals surface area contributed by atoms with Gasteiger partial charge in [-0.15, -0.1) is 0 Å². The lowest BCUT2D eigenvalue weighted by Gasteiger charge is -2.09. The number of aromatic amines is 1. The molecule has 0 amide bonds. The van der Waals surface area contributed by atoms with Gasteiger partial charge in [0.15, 0.2) is 0 Å². The molecule has 3 rings (SSSR count). The molecule has 0 atom stereocenters. The number of rotatable bonds is 3. The summed E-state index contributed by atoms with van der Waals surface area (Å²) in [6.07, 6.45) is 2.23. The molecule has 0 aliphatic rings. The summed E-state index contributed by atoms with van der Waals surface area (Å²) in [5.74, 6) is -0.484. The summed E-state index contributed by atoms with van der Waals surface area (Å²) < 4.78 is 4.74. The van der Waals surface area contributed by atoms with Crippen molar-refractivity contribution >= 4 is 40.2 Å². The second-order valence-corrected chi connectivity index (χ2v) is 6.03. The van der Waals surface area contributed by atoms with Crippen molar-refractivity contribution < 1.29 is 9.53 Å². The summed E-state index contributed by atoms with van der Waals surface area (Å²) in [7, 11) is 1.32. The lowest BCUT2D eigenvalue weighted by molar-refractivity contribution is 0.0601. The van der Waals surface area contributed by atoms with E-state index in [2.05, 4.69) is 9.97 Å². The van der Waals surface area contributed by atoms with Crippen LogP contribution in [0.25, 0.3) is 11.0 Å². The molecule has 0 aliphatic heterocycles. The normalized spacial score (nSPS) is 11.0. The van der Waals surface area contributed by atoms with Gasteiger partial charge >= 0.3 is 5.97 Å². The van der Waals surface area contributed by atoms with Crippen molar-refractivity contribution in [1.29, 1.82) is 0 Å². The Bertz CT molecular complexity index is 903. The predicted octanol–water partition coefficient (Wildman–Crippen LogP) is 4.56. The number of aromatic nitrogens is 2. The molecule has 4 nitrogen and oxygen atoms in total. The van der Waals surface area contributed by atoms with Gasteiger partial charge in [-0.05, 0) is 42.3 Å². The van der Waals surface area contributed by atoms with Crippen LogP contribution >= 0.6 is 23.2 Å². The summed E-state index contributed by atoms with van der Waals surface area (Å²) in [6, 6.07) is 7.20. The molecule has 2 heterocycles. The summed E-state index contributed by atoms with van der Waals surface area (Å²) in [4.78, 5) is 19.3. The highest BCUT2D eigenvalue weighted by atomic mass is 35.5. The maximum atomic E-state index is 11.8. The van der Waals surface area contributed by atoms with Gasteiger partial charge in [-0.1, -0.05) is 23.2 Å². The number of hydrogen-bond acceptors (Lipinski definition) is 3. The molecule has 23 heavy (non-hydrogen) atoms. The number of nitrogens with one attached hydrogen (secondary N) is 1. The highest BCUT2D eigenvalue weighted by Crippen LogP contribution is 2.31. The molecule has 0 radical (unpaired) electrons. The maximum Gasteiger partial charge on any atom is 0.339 e. The van der Waals surface area contributed by atoms with Gasteiger partial charge in [0, 0.05) is 28.7 Å². The van der Waals surface area contributed by atoms with Crippen molar-refractivity contribution in [2.45, 2.75) is 13.3 Å². The molecular formula is C17H14Cl2N2O2. The zero-order valence-electron chi connectivity index (χ0n) is 12.6. The molecule has 3 aromatic rings. The first-order chi connectivity index (χ1) is 11.0. The van der Waals surface area contributed by atoms with Crippen molar-refractivity contribution in [2.24, 2.45) is 0 Å². The minimum Gasteiger partial charge on any atom is -0.465 e. The summed E-state index contributed by atoms with van der Waals surface area (Å²) in [5.41, 5.74) is 3.86. The second-order valence-electron chi connectivity index (χ2n) is 5.24. The first-order valence-corrected chi connectivity index (χ1v) is 7.75. The smallest absolute Gasteiger partial charge is 0.339 e. The number of H-pyrrole nitrogens is 1. The predicted molar refractivity (Wildman–Crippen MR) is 91.4 cm³/mol. The largest absolute Gasteiger partial charge is 0.465 e. The molecule has 0 fully saturated rings. The molecule has 2 aromatic heterocycles. The molecule has 0 bridgehead atoms. The van der Waals surface area contributed by atoms with Crippen molar-refractivity contribution in [1.82, 2.24) is 9.97 Å². The Morgan fingerprint density at radius 3 is 2.78 bits per heavy atom. The SMILES string of the molecule is COC(=O)c1ccc(Cl)c(Cc2cc3c(C)ccnc3[nH]2)c1Cl. The molecule has 0 saturated carbocycles. The second kappa shape index (κ2) is 6.22. The minimum atomic E-state index is -0.484. The number of benzene rings is 1. The third-order valence-corrected chi connectivity index (χ3v) is 4.55. The minimum absolute atomic E-state index is 0.305. The Labute approximate surface area is 143 Å². The van der Waals surface area contributed by atoms with Gasteiger partial charge < -0.3 is 9.72 Å². The van der Waals surface area contributed by atoms with Crippen molar-refractivity contribution in [3.05, 3.63) is 62.9 Å². The Kier molecular flexibility index (Phi) is 4.28. The number of esters is 1. The molecule has 6 heteroatoms. The van der Waals surface area contributed by atoms with Gasteiger partial charge in [-0.2, -0.15) is 0 Å². The topological polar surface area (TPSA) is 55.0 Å². The number of pyridine rings is 1. The van der Waals surface area contributed by atoms with E-state index >= 15 is 0 Å². The highest BCUT2D eigenvalue weighted by Gasteiger charge is 2.17. The van der Waals surface area contributed by atoms with Crippen LogP contribution < -0.4 is 0 Å². The third kappa shape index (κ3) is 2.92. The van der Waals surface area contributed by atoms with E-state index in [1.54, 1.807) is 18.3 Å². The number of fused-ring (bicyclic) bond motifs is 1. The first kappa shape index (κ1) is 15.8. The van der Waals surface area contributed by atoms with Gasteiger partial charge in [-0.25, -0.2) is 9.78 Å². The number of methoxy groups -OCH3 is 1. The van der Waals surface area contributed by atoms with Crippen LogP contribution in [0.4, 0.5) is 0 Å². The van der Waals surface area contributed by atoms with Crippen LogP contribution in [0, 0.1) is 6.92 Å². The van der Waals surface area contributed by atoms with E-state index in [4.69, 9.17) is 27.9 Å². The van der Waals surface area contributed by atoms with E-state index in [0.717, 1.165) is 22.3 Å². The average molecular weight is 349 g/mol. The molecule has 0 saturated heterocycles. The fraction of sp³-hybridized carbons (Fsp3) is 0.176. The quantitative estimate of drug-likeness (QED) is 0.706. The van der Waals surface area contributed by atoms with Crippen molar-refractivity contribution in [3.63, 3.8) is 0 Å². The van der Waals surface area contributed by atoms with Crippen LogP contribution in [0.1, 0.15) is 27.2 Å². The van der Waals surface area contributed by atoms with Crippen LogP contribution in [0.2, 0.25) is 10.0 Å². The van der Waals surface area contributed by atoms with Crippen molar-refractivity contribution in [3.8, 4) is 0 Å². The lowest BCUT2D eigenvalue weighted by Crippen LogP contribution is -2.04. The Hall–Kier alpha value is -2.04. The van der Waals surface area contributed by atoms with E-state index in [1.165, 1.54) is 7.11 Å². The van der Waals surface area contributed by atoms with Gasteiger partial charge in [0.2, 0.25) is 0 Å². The van der Waals surface area contributed by atoms with Crippen LogP contribution in [0.3, 0.4) is 0 Å². The molecule has 0 aliphatic carbocycles. The molecular weight excluding hydrogens is 335 g/mol. The zero-order chi connectivity index (χ0) is 16.6. The standard InChI is InChI=1S/C17H14Cl2N2O2/c1-9-5-6-20-16-12(9)7-10(21-16)8-13-14(18)4-3-11(15(13)19)17(22)23-2/h3-7H,8H2,1-2H3,(H,20,21). The number of carbonyl (C=O) groups excluding carboxylic acids is 1. The van der Waals surface area contributed by atoms with E-state index in [-0.39, 0.29) is 0 Å². The van der Waals surface area contributed by atoms with Crippen LogP contribution in [-0.2, 0) is 11.2 Å². The number of aryl methyl sites for hydroxylation is 1. The highest BCUT2D eigenvalue weighted by molar-refractivity contribution is 6.38. The van der Waals surface area contributed by atoms with E-state index in [0.29, 0.717) is 27.6 Å². The Balaban J connectivity index is 2.04. The van der Waals surface area contributed by atoms with E-state index in [1.807, 2.05) is 19.1 Å². The van der Waals surface area contributed by atoms with Crippen LogP contribution in [0.5, 0.6) is 0 Å². The van der Waals surface area contributed by atoms with Crippen molar-refractivity contribution in [2.75, 3.05) is 7.11 Å². The molecule has 0 spiro atoms. The van der Waals surface area contributed by atoms with Crippen LogP contribution in [0.15, 0.2) is 30.5 Å². The summed E-state index contributed by atoms with van der Waals surface area (Å²) in [6.45, 7) is 2.03. The number of halogens is 2. The number of carbonyl (C=O) groups is 1. The number of nitrogens with zero attached hydrogens (tertiary/aromatic N) is 1. The Morgan fingerprint density at radius 1 is 1.30 bits per heavy atom. The summed E-state index contributed by atoms with van der Waals surface area (Å²) >= 11 is 12.6. The fourth-order valence-electron chi connectivity index (χ4n) is 2.53. The van der Waals surface area contributed by atoms with E-state index in [9.17, 15) is 4.79 Å². The maximum absolute atomic E-state index is 11.8. The van der Waals surface area contributed by atoms with Gasteiger partial charge in [0.05, 0.1) is 17.7 Å². The molecule has 1 aromatic carbocycles. The van der Waals surface area contributed by atoms with Crippen LogP contribution in [-0.4, -0.2) is 23.0 Å². The van der Waals surface area contributed by atoms with Gasteiger partial charge in [0.1, 0.15) is 5.65 Å². The lowest BCUT2D eigenvalue weighted by atomic mass is 10.1. The third-order valence-electron chi connectivity index (χ3n) is 3.76. The van der Waals surface area contributed by atoms with Gasteiger partial charge in [-0.3, -0.25) is 0 Å². The average Bonchev–Trinajstić information content (AvgIpc) is 2.95. The molecule has 118 valence electrons. The number of ether oxygens (including phenoxy) is 1.